The molecule has 0 bridgehead atoms. The highest BCUT2D eigenvalue weighted by molar-refractivity contribution is 7.10. The van der Waals surface area contributed by atoms with Crippen molar-refractivity contribution in [2.75, 3.05) is 6.61 Å². The third-order valence-corrected chi connectivity index (χ3v) is 3.90. The molecule has 0 aliphatic carbocycles. The minimum absolute atomic E-state index is 0.0403. The summed E-state index contributed by atoms with van der Waals surface area (Å²) in [6.07, 6.45) is 0. The van der Waals surface area contributed by atoms with Crippen LogP contribution in [0.5, 0.6) is 5.75 Å². The summed E-state index contributed by atoms with van der Waals surface area (Å²) in [4.78, 5) is 13.2. The maximum Gasteiger partial charge on any atom is 0.258 e. The molecule has 1 heterocycles. The van der Waals surface area contributed by atoms with Gasteiger partial charge < -0.3 is 10.1 Å². The van der Waals surface area contributed by atoms with Crippen molar-refractivity contribution in [3.8, 4) is 5.75 Å². The Labute approximate surface area is 123 Å². The molecular weight excluding hydrogens is 270 g/mol. The van der Waals surface area contributed by atoms with Crippen molar-refractivity contribution in [1.82, 2.24) is 5.32 Å². The van der Waals surface area contributed by atoms with E-state index >= 15 is 0 Å². The summed E-state index contributed by atoms with van der Waals surface area (Å²) >= 11 is 1.66. The van der Waals surface area contributed by atoms with Gasteiger partial charge in [0.25, 0.3) is 5.91 Å². The number of carbonyl (C=O) groups excluding carboxylic acids is 1. The molecule has 2 rings (SSSR count). The summed E-state index contributed by atoms with van der Waals surface area (Å²) in [6.45, 7) is 4.24. The van der Waals surface area contributed by atoms with Crippen LogP contribution >= 0.6 is 11.3 Å². The van der Waals surface area contributed by atoms with Gasteiger partial charge in [0.05, 0.1) is 6.04 Å². The lowest BCUT2D eigenvalue weighted by Crippen LogP contribution is -2.34. The predicted molar refractivity (Wildman–Crippen MR) is 82.0 cm³/mol. The van der Waals surface area contributed by atoms with E-state index < -0.39 is 0 Å². The summed E-state index contributed by atoms with van der Waals surface area (Å²) in [7, 11) is 0. The Balaban J connectivity index is 1.89. The highest BCUT2D eigenvalue weighted by atomic mass is 32.1. The highest BCUT2D eigenvalue weighted by Gasteiger charge is 2.19. The molecule has 0 aliphatic rings. The maximum atomic E-state index is 12.0. The van der Waals surface area contributed by atoms with Gasteiger partial charge in [-0.05, 0) is 29.5 Å². The lowest BCUT2D eigenvalue weighted by atomic mass is 10.0. The highest BCUT2D eigenvalue weighted by Crippen LogP contribution is 2.25. The van der Waals surface area contributed by atoms with Crippen LogP contribution in [0.1, 0.15) is 24.8 Å². The van der Waals surface area contributed by atoms with Crippen LogP contribution in [0.15, 0.2) is 47.8 Å². The van der Waals surface area contributed by atoms with Crippen molar-refractivity contribution in [1.29, 1.82) is 0 Å². The Morgan fingerprint density at radius 1 is 1.20 bits per heavy atom. The van der Waals surface area contributed by atoms with Gasteiger partial charge in [0.15, 0.2) is 6.61 Å². The number of nitrogens with one attached hydrogen (secondary N) is 1. The topological polar surface area (TPSA) is 38.3 Å². The second-order valence-corrected chi connectivity index (χ2v) is 5.89. The number of amides is 1. The zero-order chi connectivity index (χ0) is 14.4. The molecule has 1 aromatic heterocycles. The molecule has 0 radical (unpaired) electrons. The van der Waals surface area contributed by atoms with E-state index in [4.69, 9.17) is 4.74 Å². The molecular formula is C16H19NO2S. The molecule has 2 aromatic rings. The average molecular weight is 289 g/mol. The first-order chi connectivity index (χ1) is 9.66. The van der Waals surface area contributed by atoms with E-state index in [0.29, 0.717) is 11.7 Å². The van der Waals surface area contributed by atoms with E-state index in [0.717, 1.165) is 0 Å². The Hall–Kier alpha value is -1.81. The summed E-state index contributed by atoms with van der Waals surface area (Å²) in [5, 5.41) is 5.06. The Morgan fingerprint density at radius 3 is 2.55 bits per heavy atom. The van der Waals surface area contributed by atoms with Crippen LogP contribution in [0, 0.1) is 5.92 Å². The zero-order valence-electron chi connectivity index (χ0n) is 11.7. The van der Waals surface area contributed by atoms with Crippen LogP contribution in [0.2, 0.25) is 0 Å². The van der Waals surface area contributed by atoms with E-state index in [-0.39, 0.29) is 18.6 Å². The first kappa shape index (κ1) is 14.6. The number of rotatable bonds is 6. The number of hydrogen-bond donors (Lipinski definition) is 1. The van der Waals surface area contributed by atoms with Crippen molar-refractivity contribution >= 4 is 17.2 Å². The summed E-state index contributed by atoms with van der Waals surface area (Å²) < 4.78 is 5.46. The monoisotopic (exact) mass is 289 g/mol. The summed E-state index contributed by atoms with van der Waals surface area (Å²) in [5.74, 6) is 0.954. The second-order valence-electron chi connectivity index (χ2n) is 4.91. The number of hydrogen-bond acceptors (Lipinski definition) is 3. The minimum Gasteiger partial charge on any atom is -0.484 e. The molecule has 1 amide bonds. The Bertz CT molecular complexity index is 523. The van der Waals surface area contributed by atoms with Gasteiger partial charge in [0.2, 0.25) is 0 Å². The molecule has 0 fully saturated rings. The molecule has 106 valence electrons. The van der Waals surface area contributed by atoms with Gasteiger partial charge in [0, 0.05) is 4.88 Å². The largest absolute Gasteiger partial charge is 0.484 e. The normalized spacial score (nSPS) is 12.2. The standard InChI is InChI=1S/C16H19NO2S/c1-12(2)16(14-9-6-10-20-14)17-15(18)11-19-13-7-4-3-5-8-13/h3-10,12,16H,11H2,1-2H3,(H,17,18)/t16-/m0/s1. The molecule has 0 aliphatic heterocycles. The fourth-order valence-corrected chi connectivity index (χ4v) is 2.86. The van der Waals surface area contributed by atoms with Crippen molar-refractivity contribution in [2.45, 2.75) is 19.9 Å². The number of para-hydroxylation sites is 1. The molecule has 20 heavy (non-hydrogen) atoms. The fraction of sp³-hybridized carbons (Fsp3) is 0.312. The van der Waals surface area contributed by atoms with Crippen LogP contribution in [0.25, 0.3) is 0 Å². The second kappa shape index (κ2) is 7.10. The van der Waals surface area contributed by atoms with Gasteiger partial charge in [-0.3, -0.25) is 4.79 Å². The van der Waals surface area contributed by atoms with Gasteiger partial charge in [0.1, 0.15) is 5.75 Å². The predicted octanol–water partition coefficient (Wildman–Crippen LogP) is 3.64. The van der Waals surface area contributed by atoms with E-state index in [2.05, 4.69) is 19.2 Å². The van der Waals surface area contributed by atoms with E-state index in [1.165, 1.54) is 4.88 Å². The van der Waals surface area contributed by atoms with Crippen LogP contribution in [-0.4, -0.2) is 12.5 Å². The Morgan fingerprint density at radius 2 is 1.95 bits per heavy atom. The summed E-state index contributed by atoms with van der Waals surface area (Å²) in [5.41, 5.74) is 0. The fourth-order valence-electron chi connectivity index (χ4n) is 1.92. The van der Waals surface area contributed by atoms with Crippen molar-refractivity contribution < 1.29 is 9.53 Å². The molecule has 0 spiro atoms. The van der Waals surface area contributed by atoms with E-state index in [1.54, 1.807) is 11.3 Å². The summed E-state index contributed by atoms with van der Waals surface area (Å²) in [6, 6.07) is 13.5. The SMILES string of the molecule is CC(C)[C@H](NC(=O)COc1ccccc1)c1cccs1. The quantitative estimate of drug-likeness (QED) is 0.881. The smallest absolute Gasteiger partial charge is 0.258 e. The number of benzene rings is 1. The number of thiophene rings is 1. The first-order valence-corrected chi connectivity index (χ1v) is 7.55. The molecule has 1 N–H and O–H groups in total. The van der Waals surface area contributed by atoms with Gasteiger partial charge in [-0.2, -0.15) is 0 Å². The minimum atomic E-state index is -0.0963. The van der Waals surface area contributed by atoms with Crippen molar-refractivity contribution in [3.63, 3.8) is 0 Å². The maximum absolute atomic E-state index is 12.0. The molecule has 0 unspecified atom stereocenters. The van der Waals surface area contributed by atoms with Gasteiger partial charge in [-0.15, -0.1) is 11.3 Å². The lowest BCUT2D eigenvalue weighted by molar-refractivity contribution is -0.124. The lowest BCUT2D eigenvalue weighted by Gasteiger charge is -2.21. The van der Waals surface area contributed by atoms with Crippen LogP contribution < -0.4 is 10.1 Å². The third kappa shape index (κ3) is 4.10. The molecule has 4 heteroatoms. The van der Waals surface area contributed by atoms with Gasteiger partial charge >= 0.3 is 0 Å². The molecule has 1 atom stereocenters. The number of carbonyl (C=O) groups is 1. The van der Waals surface area contributed by atoms with Gasteiger partial charge in [-0.1, -0.05) is 38.1 Å². The molecule has 3 nitrogen and oxygen atoms in total. The van der Waals surface area contributed by atoms with Crippen LogP contribution in [-0.2, 0) is 4.79 Å². The molecule has 0 saturated heterocycles. The van der Waals surface area contributed by atoms with E-state index in [1.807, 2.05) is 47.8 Å². The average Bonchev–Trinajstić information content (AvgIpc) is 2.97. The van der Waals surface area contributed by atoms with Crippen LogP contribution in [0.3, 0.4) is 0 Å². The molecule has 0 saturated carbocycles. The molecule has 1 aromatic carbocycles. The zero-order valence-corrected chi connectivity index (χ0v) is 12.5. The van der Waals surface area contributed by atoms with Gasteiger partial charge in [-0.25, -0.2) is 0 Å². The Kier molecular flexibility index (Phi) is 5.18. The first-order valence-electron chi connectivity index (χ1n) is 6.67. The van der Waals surface area contributed by atoms with Crippen molar-refractivity contribution in [3.05, 3.63) is 52.7 Å². The van der Waals surface area contributed by atoms with Crippen molar-refractivity contribution in [2.24, 2.45) is 5.92 Å². The van der Waals surface area contributed by atoms with Crippen LogP contribution in [0.4, 0.5) is 0 Å². The van der Waals surface area contributed by atoms with E-state index in [9.17, 15) is 4.79 Å². The third-order valence-electron chi connectivity index (χ3n) is 2.95. The number of ether oxygens (including phenoxy) is 1.